The molecule has 0 bridgehead atoms. The van der Waals surface area contributed by atoms with Gasteiger partial charge >= 0.3 is 6.03 Å². The molecule has 2 aliphatic rings. The average Bonchev–Trinajstić information content (AvgIpc) is 2.95. The number of anilines is 1. The molecule has 2 aliphatic carbocycles. The summed E-state index contributed by atoms with van der Waals surface area (Å²) < 4.78 is 0.563. The molecule has 5 nitrogen and oxygen atoms in total. The first kappa shape index (κ1) is 16.7. The maximum atomic E-state index is 12.9. The standard InChI is InChI=1S/C16H22ClN3O2S/c17-14-10-18-15(23-14)19-16(22)20(11-4-2-1-3-5-11)12-6-8-13(21)9-7-12/h10-12H,1-9H2,(H,18,19,22). The van der Waals surface area contributed by atoms with E-state index in [-0.39, 0.29) is 18.1 Å². The predicted octanol–water partition coefficient (Wildman–Crippen LogP) is 4.47. The zero-order chi connectivity index (χ0) is 16.2. The molecule has 2 saturated carbocycles. The van der Waals surface area contributed by atoms with Crippen molar-refractivity contribution >= 4 is 39.9 Å². The first-order valence-electron chi connectivity index (χ1n) is 8.36. The quantitative estimate of drug-likeness (QED) is 0.869. The number of hydrogen-bond acceptors (Lipinski definition) is 4. The average molecular weight is 356 g/mol. The Morgan fingerprint density at radius 3 is 2.43 bits per heavy atom. The van der Waals surface area contributed by atoms with E-state index in [0.717, 1.165) is 25.7 Å². The topological polar surface area (TPSA) is 62.3 Å². The van der Waals surface area contributed by atoms with Gasteiger partial charge in [-0.3, -0.25) is 10.1 Å². The van der Waals surface area contributed by atoms with Gasteiger partial charge in [-0.15, -0.1) is 0 Å². The van der Waals surface area contributed by atoms with E-state index in [2.05, 4.69) is 10.3 Å². The SMILES string of the molecule is O=C1CCC(N(C(=O)Nc2ncc(Cl)s2)C2CCCCC2)CC1. The van der Waals surface area contributed by atoms with E-state index >= 15 is 0 Å². The highest BCUT2D eigenvalue weighted by atomic mass is 35.5. The van der Waals surface area contributed by atoms with Crippen molar-refractivity contribution in [2.45, 2.75) is 69.9 Å². The van der Waals surface area contributed by atoms with Crippen molar-refractivity contribution in [3.8, 4) is 0 Å². The second-order valence-corrected chi connectivity index (χ2v) is 8.03. The minimum Gasteiger partial charge on any atom is -0.318 e. The fourth-order valence-electron chi connectivity index (χ4n) is 3.66. The summed E-state index contributed by atoms with van der Waals surface area (Å²) in [4.78, 5) is 30.5. The summed E-state index contributed by atoms with van der Waals surface area (Å²) >= 11 is 7.16. The van der Waals surface area contributed by atoms with Gasteiger partial charge in [0, 0.05) is 24.9 Å². The van der Waals surface area contributed by atoms with E-state index in [4.69, 9.17) is 11.6 Å². The smallest absolute Gasteiger partial charge is 0.318 e. The number of carbonyl (C=O) groups excluding carboxylic acids is 2. The van der Waals surface area contributed by atoms with Crippen LogP contribution in [0.1, 0.15) is 57.8 Å². The van der Waals surface area contributed by atoms with Crippen LogP contribution in [0.3, 0.4) is 0 Å². The third-order valence-electron chi connectivity index (χ3n) is 4.80. The van der Waals surface area contributed by atoms with Crippen LogP contribution in [0.5, 0.6) is 0 Å². The summed E-state index contributed by atoms with van der Waals surface area (Å²) in [6.45, 7) is 0. The monoisotopic (exact) mass is 355 g/mol. The lowest BCUT2D eigenvalue weighted by atomic mass is 9.88. The molecule has 23 heavy (non-hydrogen) atoms. The van der Waals surface area contributed by atoms with Gasteiger partial charge in [-0.05, 0) is 25.7 Å². The van der Waals surface area contributed by atoms with Crippen molar-refractivity contribution in [2.75, 3.05) is 5.32 Å². The Balaban J connectivity index is 1.73. The molecule has 0 saturated heterocycles. The van der Waals surface area contributed by atoms with Crippen molar-refractivity contribution in [1.29, 1.82) is 0 Å². The Morgan fingerprint density at radius 2 is 1.83 bits per heavy atom. The molecule has 0 aromatic carbocycles. The molecule has 1 N–H and O–H groups in total. The van der Waals surface area contributed by atoms with Crippen molar-refractivity contribution in [3.63, 3.8) is 0 Å². The fraction of sp³-hybridized carbons (Fsp3) is 0.688. The maximum Gasteiger partial charge on any atom is 0.324 e. The van der Waals surface area contributed by atoms with Crippen LogP contribution in [0.4, 0.5) is 9.93 Å². The summed E-state index contributed by atoms with van der Waals surface area (Å²) in [5.41, 5.74) is 0. The Kier molecular flexibility index (Phi) is 5.54. The molecule has 1 aromatic heterocycles. The van der Waals surface area contributed by atoms with Gasteiger partial charge < -0.3 is 4.90 Å². The molecule has 7 heteroatoms. The first-order chi connectivity index (χ1) is 11.1. The molecule has 0 radical (unpaired) electrons. The zero-order valence-corrected chi connectivity index (χ0v) is 14.7. The van der Waals surface area contributed by atoms with Crippen molar-refractivity contribution < 1.29 is 9.59 Å². The van der Waals surface area contributed by atoms with Gasteiger partial charge in [-0.1, -0.05) is 42.2 Å². The first-order valence-corrected chi connectivity index (χ1v) is 9.55. The number of urea groups is 1. The molecule has 1 aromatic rings. The molecule has 0 aliphatic heterocycles. The Hall–Kier alpha value is -1.14. The van der Waals surface area contributed by atoms with Crippen LogP contribution in [0.25, 0.3) is 0 Å². The normalized spacial score (nSPS) is 20.5. The van der Waals surface area contributed by atoms with Crippen molar-refractivity contribution in [1.82, 2.24) is 9.88 Å². The highest BCUT2D eigenvalue weighted by Gasteiger charge is 2.34. The number of nitrogens with zero attached hydrogens (tertiary/aromatic N) is 2. The lowest BCUT2D eigenvalue weighted by Crippen LogP contribution is -2.51. The largest absolute Gasteiger partial charge is 0.324 e. The van der Waals surface area contributed by atoms with E-state index in [1.54, 1.807) is 6.20 Å². The minimum absolute atomic E-state index is 0.0951. The Morgan fingerprint density at radius 1 is 1.17 bits per heavy atom. The van der Waals surface area contributed by atoms with Crippen LogP contribution in [0, 0.1) is 0 Å². The predicted molar refractivity (Wildman–Crippen MR) is 92.1 cm³/mol. The zero-order valence-electron chi connectivity index (χ0n) is 13.1. The fourth-order valence-corrected chi connectivity index (χ4v) is 4.46. The van der Waals surface area contributed by atoms with E-state index in [9.17, 15) is 9.59 Å². The molecule has 3 rings (SSSR count). The molecule has 2 amide bonds. The van der Waals surface area contributed by atoms with Gasteiger partial charge in [0.15, 0.2) is 5.13 Å². The molecule has 2 fully saturated rings. The van der Waals surface area contributed by atoms with Crippen LogP contribution in [0.15, 0.2) is 6.20 Å². The number of hydrogen-bond donors (Lipinski definition) is 1. The third kappa shape index (κ3) is 4.23. The molecule has 0 atom stereocenters. The van der Waals surface area contributed by atoms with Crippen molar-refractivity contribution in [2.24, 2.45) is 0 Å². The Labute approximate surface area is 145 Å². The van der Waals surface area contributed by atoms with E-state index in [0.29, 0.717) is 28.1 Å². The van der Waals surface area contributed by atoms with Gasteiger partial charge in [0.25, 0.3) is 0 Å². The summed E-state index contributed by atoms with van der Waals surface area (Å²) in [6.07, 6.45) is 9.97. The number of halogens is 1. The van der Waals surface area contributed by atoms with Gasteiger partial charge in [0.05, 0.1) is 6.20 Å². The number of carbonyl (C=O) groups is 2. The maximum absolute atomic E-state index is 12.9. The third-order valence-corrected chi connectivity index (χ3v) is 5.83. The van der Waals surface area contributed by atoms with Crippen LogP contribution in [-0.2, 0) is 4.79 Å². The highest BCUT2D eigenvalue weighted by Crippen LogP contribution is 2.31. The number of nitrogens with one attached hydrogen (secondary N) is 1. The summed E-state index contributed by atoms with van der Waals surface area (Å²) in [5, 5.41) is 3.43. The second-order valence-electron chi connectivity index (χ2n) is 6.37. The lowest BCUT2D eigenvalue weighted by Gasteiger charge is -2.41. The molecule has 126 valence electrons. The minimum atomic E-state index is -0.0951. The lowest BCUT2D eigenvalue weighted by molar-refractivity contribution is -0.121. The molecule has 0 spiro atoms. The summed E-state index contributed by atoms with van der Waals surface area (Å²) in [6, 6.07) is 0.339. The molecular weight excluding hydrogens is 334 g/mol. The van der Waals surface area contributed by atoms with Gasteiger partial charge in [-0.2, -0.15) is 0 Å². The van der Waals surface area contributed by atoms with Crippen molar-refractivity contribution in [3.05, 3.63) is 10.5 Å². The summed E-state index contributed by atoms with van der Waals surface area (Å²) in [7, 11) is 0. The second kappa shape index (κ2) is 7.62. The highest BCUT2D eigenvalue weighted by molar-refractivity contribution is 7.19. The summed E-state index contributed by atoms with van der Waals surface area (Å²) in [5.74, 6) is 0.317. The van der Waals surface area contributed by atoms with Crippen LogP contribution in [0.2, 0.25) is 4.34 Å². The van der Waals surface area contributed by atoms with Crippen LogP contribution < -0.4 is 5.32 Å². The molecular formula is C16H22ClN3O2S. The number of ketones is 1. The van der Waals surface area contributed by atoms with E-state index in [1.165, 1.54) is 30.6 Å². The number of aromatic nitrogens is 1. The molecule has 1 heterocycles. The van der Waals surface area contributed by atoms with Crippen LogP contribution in [-0.4, -0.2) is 33.8 Å². The molecule has 0 unspecified atom stereocenters. The van der Waals surface area contributed by atoms with Crippen LogP contribution >= 0.6 is 22.9 Å². The Bertz CT molecular complexity index is 561. The number of amides is 2. The number of thiazole rings is 1. The van der Waals surface area contributed by atoms with Gasteiger partial charge in [0.2, 0.25) is 0 Å². The van der Waals surface area contributed by atoms with Gasteiger partial charge in [-0.25, -0.2) is 9.78 Å². The van der Waals surface area contributed by atoms with E-state index in [1.807, 2.05) is 4.90 Å². The van der Waals surface area contributed by atoms with E-state index < -0.39 is 0 Å². The van der Waals surface area contributed by atoms with Gasteiger partial charge in [0.1, 0.15) is 10.1 Å². The number of rotatable bonds is 3. The number of Topliss-reactive ketones (excluding diaryl/α,β-unsaturated/α-hetero) is 1.